The van der Waals surface area contributed by atoms with Crippen LogP contribution in [0.2, 0.25) is 0 Å². The number of nitro groups is 1. The molecule has 0 aliphatic rings. The standard InChI is InChI=1S/C15H14N4O4/c16-15(20)18-17-9-12-6-7-14(13(8-12)19(21)22)23-10-11-4-2-1-3-5-11/h1-9H,10H2,(H3,16,18,20). The van der Waals surface area contributed by atoms with Crippen LogP contribution in [0.25, 0.3) is 0 Å². The molecule has 0 saturated carbocycles. The number of nitrogens with one attached hydrogen (secondary N) is 1. The summed E-state index contributed by atoms with van der Waals surface area (Å²) in [4.78, 5) is 21.1. The smallest absolute Gasteiger partial charge is 0.332 e. The van der Waals surface area contributed by atoms with Crippen LogP contribution in [0, 0.1) is 10.1 Å². The Balaban J connectivity index is 2.14. The van der Waals surface area contributed by atoms with E-state index < -0.39 is 11.0 Å². The number of hydrazone groups is 1. The maximum atomic E-state index is 11.2. The fourth-order valence-electron chi connectivity index (χ4n) is 1.79. The van der Waals surface area contributed by atoms with Gasteiger partial charge in [0.05, 0.1) is 11.1 Å². The number of urea groups is 1. The summed E-state index contributed by atoms with van der Waals surface area (Å²) in [6.45, 7) is 0.221. The number of rotatable bonds is 6. The number of nitrogens with two attached hydrogens (primary N) is 1. The monoisotopic (exact) mass is 314 g/mol. The van der Waals surface area contributed by atoms with E-state index in [2.05, 4.69) is 5.10 Å². The van der Waals surface area contributed by atoms with Gasteiger partial charge in [0.25, 0.3) is 0 Å². The SMILES string of the molecule is NC(=O)NN=Cc1ccc(OCc2ccccc2)c([N+](=O)[O-])c1. The lowest BCUT2D eigenvalue weighted by atomic mass is 10.2. The molecule has 0 aliphatic carbocycles. The minimum absolute atomic E-state index is 0.152. The molecule has 2 aromatic carbocycles. The Morgan fingerprint density at radius 1 is 1.30 bits per heavy atom. The number of nitro benzene ring substituents is 1. The molecule has 3 N–H and O–H groups in total. The lowest BCUT2D eigenvalue weighted by Gasteiger charge is -2.07. The zero-order valence-corrected chi connectivity index (χ0v) is 12.0. The first-order chi connectivity index (χ1) is 11.1. The molecule has 2 rings (SSSR count). The minimum Gasteiger partial charge on any atom is -0.482 e. The Labute approximate surface area is 131 Å². The van der Waals surface area contributed by atoms with Crippen LogP contribution in [0.15, 0.2) is 53.6 Å². The molecule has 8 heteroatoms. The molecule has 23 heavy (non-hydrogen) atoms. The fraction of sp³-hybridized carbons (Fsp3) is 0.0667. The predicted molar refractivity (Wildman–Crippen MR) is 84.2 cm³/mol. The number of hydrogen-bond donors (Lipinski definition) is 2. The van der Waals surface area contributed by atoms with Gasteiger partial charge in [-0.3, -0.25) is 10.1 Å². The van der Waals surface area contributed by atoms with Crippen LogP contribution in [0.5, 0.6) is 5.75 Å². The molecule has 8 nitrogen and oxygen atoms in total. The highest BCUT2D eigenvalue weighted by Crippen LogP contribution is 2.28. The van der Waals surface area contributed by atoms with Crippen LogP contribution < -0.4 is 15.9 Å². The summed E-state index contributed by atoms with van der Waals surface area (Å²) in [5, 5.41) is 14.7. The number of benzene rings is 2. The number of nitrogens with zero attached hydrogens (tertiary/aromatic N) is 2. The van der Waals surface area contributed by atoms with Crippen LogP contribution >= 0.6 is 0 Å². The molecule has 0 spiro atoms. The third-order valence-corrected chi connectivity index (χ3v) is 2.81. The van der Waals surface area contributed by atoms with E-state index in [0.29, 0.717) is 5.56 Å². The van der Waals surface area contributed by atoms with E-state index in [1.54, 1.807) is 6.07 Å². The number of hydrogen-bond acceptors (Lipinski definition) is 5. The van der Waals surface area contributed by atoms with Crippen molar-refractivity contribution in [2.75, 3.05) is 0 Å². The molecule has 0 heterocycles. The van der Waals surface area contributed by atoms with Gasteiger partial charge < -0.3 is 10.5 Å². The minimum atomic E-state index is -0.821. The topological polar surface area (TPSA) is 120 Å². The number of carbonyl (C=O) groups is 1. The van der Waals surface area contributed by atoms with Crippen LogP contribution in [0.1, 0.15) is 11.1 Å². The molecule has 0 aromatic heterocycles. The molecule has 2 aromatic rings. The van der Waals surface area contributed by atoms with Crippen LogP contribution in [0.3, 0.4) is 0 Å². The van der Waals surface area contributed by atoms with Crippen molar-refractivity contribution in [2.45, 2.75) is 6.61 Å². The first-order valence-electron chi connectivity index (χ1n) is 6.60. The van der Waals surface area contributed by atoms with Crippen molar-refractivity contribution in [3.63, 3.8) is 0 Å². The summed E-state index contributed by atoms with van der Waals surface area (Å²) in [7, 11) is 0. The molecule has 2 amide bonds. The predicted octanol–water partition coefficient (Wildman–Crippen LogP) is 2.18. The summed E-state index contributed by atoms with van der Waals surface area (Å²) >= 11 is 0. The highest BCUT2D eigenvalue weighted by molar-refractivity contribution is 5.83. The Morgan fingerprint density at radius 2 is 2.04 bits per heavy atom. The average Bonchev–Trinajstić information content (AvgIpc) is 2.54. The summed E-state index contributed by atoms with van der Waals surface area (Å²) in [5.74, 6) is 0.152. The van der Waals surface area contributed by atoms with Gasteiger partial charge in [0.2, 0.25) is 0 Å². The second kappa shape index (κ2) is 7.55. The van der Waals surface area contributed by atoms with Gasteiger partial charge in [0.1, 0.15) is 6.61 Å². The highest BCUT2D eigenvalue weighted by Gasteiger charge is 2.15. The Hall–Kier alpha value is -3.42. The quantitative estimate of drug-likeness (QED) is 0.482. The number of amides is 2. The van der Waals surface area contributed by atoms with Gasteiger partial charge in [-0.2, -0.15) is 5.10 Å². The van der Waals surface area contributed by atoms with E-state index in [1.807, 2.05) is 35.8 Å². The maximum absolute atomic E-state index is 11.2. The van der Waals surface area contributed by atoms with Crippen LogP contribution in [-0.4, -0.2) is 17.2 Å². The zero-order valence-electron chi connectivity index (χ0n) is 12.0. The van der Waals surface area contributed by atoms with Gasteiger partial charge in [0, 0.05) is 11.6 Å². The van der Waals surface area contributed by atoms with Crippen molar-refractivity contribution >= 4 is 17.9 Å². The van der Waals surface area contributed by atoms with Crippen molar-refractivity contribution in [2.24, 2.45) is 10.8 Å². The van der Waals surface area contributed by atoms with Gasteiger partial charge in [-0.25, -0.2) is 10.2 Å². The number of ether oxygens (including phenoxy) is 1. The van der Waals surface area contributed by atoms with Gasteiger partial charge in [0.15, 0.2) is 5.75 Å². The summed E-state index contributed by atoms with van der Waals surface area (Å²) in [5.41, 5.74) is 8.01. The highest BCUT2D eigenvalue weighted by atomic mass is 16.6. The van der Waals surface area contributed by atoms with E-state index in [-0.39, 0.29) is 18.0 Å². The van der Waals surface area contributed by atoms with E-state index >= 15 is 0 Å². The van der Waals surface area contributed by atoms with E-state index in [0.717, 1.165) is 5.56 Å². The molecule has 0 aliphatic heterocycles. The normalized spacial score (nSPS) is 10.4. The van der Waals surface area contributed by atoms with Crippen molar-refractivity contribution in [3.8, 4) is 5.75 Å². The maximum Gasteiger partial charge on any atom is 0.332 e. The molecule has 0 fully saturated rings. The molecule has 0 bridgehead atoms. The van der Waals surface area contributed by atoms with Crippen LogP contribution in [-0.2, 0) is 6.61 Å². The largest absolute Gasteiger partial charge is 0.482 e. The Morgan fingerprint density at radius 3 is 2.70 bits per heavy atom. The number of primary amides is 1. The van der Waals surface area contributed by atoms with Crippen LogP contribution in [0.4, 0.5) is 10.5 Å². The molecule has 118 valence electrons. The molecule has 0 atom stereocenters. The van der Waals surface area contributed by atoms with Crippen molar-refractivity contribution in [3.05, 3.63) is 69.8 Å². The molecule has 0 unspecified atom stereocenters. The summed E-state index contributed by atoms with van der Waals surface area (Å²) in [6, 6.07) is 12.9. The van der Waals surface area contributed by atoms with Gasteiger partial charge in [-0.1, -0.05) is 30.3 Å². The zero-order chi connectivity index (χ0) is 16.7. The van der Waals surface area contributed by atoms with Crippen molar-refractivity contribution < 1.29 is 14.5 Å². The molecular formula is C15H14N4O4. The molecule has 0 saturated heterocycles. The first-order valence-corrected chi connectivity index (χ1v) is 6.60. The first kappa shape index (κ1) is 16.0. The third kappa shape index (κ3) is 4.81. The van der Waals surface area contributed by atoms with Crippen molar-refractivity contribution in [1.82, 2.24) is 5.43 Å². The lowest BCUT2D eigenvalue weighted by Crippen LogP contribution is -2.24. The van der Waals surface area contributed by atoms with Gasteiger partial charge in [-0.05, 0) is 17.7 Å². The second-order valence-electron chi connectivity index (χ2n) is 4.49. The average molecular weight is 314 g/mol. The Bertz CT molecular complexity index is 732. The van der Waals surface area contributed by atoms with E-state index in [1.165, 1.54) is 18.3 Å². The summed E-state index contributed by atoms with van der Waals surface area (Å²) in [6.07, 6.45) is 1.25. The fourth-order valence-corrected chi connectivity index (χ4v) is 1.79. The second-order valence-corrected chi connectivity index (χ2v) is 4.49. The van der Waals surface area contributed by atoms with Crippen molar-refractivity contribution in [1.29, 1.82) is 0 Å². The number of carbonyl (C=O) groups excluding carboxylic acids is 1. The Kier molecular flexibility index (Phi) is 5.24. The van der Waals surface area contributed by atoms with Gasteiger partial charge >= 0.3 is 11.7 Å². The summed E-state index contributed by atoms with van der Waals surface area (Å²) < 4.78 is 5.51. The van der Waals surface area contributed by atoms with E-state index in [9.17, 15) is 14.9 Å². The van der Waals surface area contributed by atoms with Gasteiger partial charge in [-0.15, -0.1) is 0 Å². The molecular weight excluding hydrogens is 300 g/mol. The molecule has 0 radical (unpaired) electrons. The van der Waals surface area contributed by atoms with E-state index in [4.69, 9.17) is 10.5 Å². The lowest BCUT2D eigenvalue weighted by molar-refractivity contribution is -0.385. The third-order valence-electron chi connectivity index (χ3n) is 2.81.